The molecule has 0 aromatic carbocycles. The number of amides is 1. The summed E-state index contributed by atoms with van der Waals surface area (Å²) in [5.74, 6) is -0.719. The fourth-order valence-corrected chi connectivity index (χ4v) is 1.96. The number of carbonyl (C=O) groups is 2. The van der Waals surface area contributed by atoms with E-state index in [9.17, 15) is 14.7 Å². The van der Waals surface area contributed by atoms with Crippen LogP contribution < -0.4 is 10.2 Å². The number of carboxylic acid groups (broad SMARTS) is 1. The summed E-state index contributed by atoms with van der Waals surface area (Å²) in [6.07, 6.45) is 2.90. The molecule has 2 rings (SSSR count). The van der Waals surface area contributed by atoms with Crippen LogP contribution in [0, 0.1) is 6.92 Å². The summed E-state index contributed by atoms with van der Waals surface area (Å²) >= 11 is 0. The van der Waals surface area contributed by atoms with Crippen LogP contribution in [0.15, 0.2) is 29.0 Å². The number of carboxylic acids is 1. The Morgan fingerprint density at radius 3 is 2.70 bits per heavy atom. The minimum atomic E-state index is -1.14. The lowest BCUT2D eigenvalue weighted by molar-refractivity contribution is -0.139. The molecule has 2 N–H and O–H groups in total. The van der Waals surface area contributed by atoms with E-state index < -0.39 is 17.9 Å². The number of aromatic nitrogens is 2. The number of nitrogens with one attached hydrogen (secondary N) is 1. The van der Waals surface area contributed by atoms with E-state index in [1.807, 2.05) is 0 Å². The molecule has 0 bridgehead atoms. The molecule has 122 valence electrons. The van der Waals surface area contributed by atoms with E-state index in [1.165, 1.54) is 12.5 Å². The van der Waals surface area contributed by atoms with Crippen LogP contribution in [0.25, 0.3) is 0 Å². The number of rotatable bonds is 6. The predicted octanol–water partition coefficient (Wildman–Crippen LogP) is 0.870. The van der Waals surface area contributed by atoms with E-state index in [0.717, 1.165) is 0 Å². The first-order chi connectivity index (χ1) is 10.9. The summed E-state index contributed by atoms with van der Waals surface area (Å²) in [4.78, 5) is 33.6. The van der Waals surface area contributed by atoms with E-state index >= 15 is 0 Å². The second-order valence-electron chi connectivity index (χ2n) is 5.21. The summed E-state index contributed by atoms with van der Waals surface area (Å²) in [6.45, 7) is 1.67. The number of hydrogen-bond acceptors (Lipinski definition) is 6. The standard InChI is InChI=1S/C15H18N4O4/c1-9-11(8-16-15(17-9)19(2)3)13(20)18-12(14(21)22)7-10-5-4-6-23-10/h4-6,8,12H,7H2,1-3H3,(H,18,20)(H,21,22)/t12-/m0/s1. The molecule has 0 aliphatic heterocycles. The van der Waals surface area contributed by atoms with Gasteiger partial charge in [0.15, 0.2) is 0 Å². The van der Waals surface area contributed by atoms with E-state index in [4.69, 9.17) is 4.42 Å². The highest BCUT2D eigenvalue weighted by Crippen LogP contribution is 2.10. The maximum absolute atomic E-state index is 12.3. The smallest absolute Gasteiger partial charge is 0.326 e. The Labute approximate surface area is 133 Å². The van der Waals surface area contributed by atoms with Crippen molar-refractivity contribution in [2.75, 3.05) is 19.0 Å². The number of anilines is 1. The third-order valence-corrected chi connectivity index (χ3v) is 3.20. The topological polar surface area (TPSA) is 109 Å². The first kappa shape index (κ1) is 16.5. The number of furan rings is 1. The minimum Gasteiger partial charge on any atom is -0.480 e. The van der Waals surface area contributed by atoms with Gasteiger partial charge in [0, 0.05) is 26.7 Å². The molecular weight excluding hydrogens is 300 g/mol. The Morgan fingerprint density at radius 2 is 2.17 bits per heavy atom. The average Bonchev–Trinajstić information content (AvgIpc) is 2.99. The zero-order chi connectivity index (χ0) is 17.0. The monoisotopic (exact) mass is 318 g/mol. The average molecular weight is 318 g/mol. The van der Waals surface area contributed by atoms with Gasteiger partial charge >= 0.3 is 5.97 Å². The normalized spacial score (nSPS) is 11.8. The van der Waals surface area contributed by atoms with Gasteiger partial charge in [0.25, 0.3) is 5.91 Å². The molecule has 0 aliphatic rings. The van der Waals surface area contributed by atoms with E-state index in [2.05, 4.69) is 15.3 Å². The molecule has 8 nitrogen and oxygen atoms in total. The lowest BCUT2D eigenvalue weighted by atomic mass is 10.1. The summed E-state index contributed by atoms with van der Waals surface area (Å²) in [6, 6.07) is 2.22. The van der Waals surface area contributed by atoms with E-state index in [0.29, 0.717) is 17.4 Å². The summed E-state index contributed by atoms with van der Waals surface area (Å²) in [7, 11) is 3.58. The molecular formula is C15H18N4O4. The maximum atomic E-state index is 12.3. The maximum Gasteiger partial charge on any atom is 0.326 e. The quantitative estimate of drug-likeness (QED) is 0.813. The largest absolute Gasteiger partial charge is 0.480 e. The van der Waals surface area contributed by atoms with Crippen LogP contribution in [0.3, 0.4) is 0 Å². The van der Waals surface area contributed by atoms with Crippen LogP contribution >= 0.6 is 0 Å². The van der Waals surface area contributed by atoms with Crippen molar-refractivity contribution in [2.24, 2.45) is 0 Å². The van der Waals surface area contributed by atoms with Gasteiger partial charge in [-0.15, -0.1) is 0 Å². The first-order valence-corrected chi connectivity index (χ1v) is 6.95. The number of hydrogen-bond donors (Lipinski definition) is 2. The van der Waals surface area contributed by atoms with Gasteiger partial charge in [-0.3, -0.25) is 4.79 Å². The van der Waals surface area contributed by atoms with Gasteiger partial charge in [-0.25, -0.2) is 14.8 Å². The van der Waals surface area contributed by atoms with Crippen LogP contribution in [-0.4, -0.2) is 47.1 Å². The number of aryl methyl sites for hydroxylation is 1. The van der Waals surface area contributed by atoms with Crippen molar-refractivity contribution < 1.29 is 19.1 Å². The van der Waals surface area contributed by atoms with Crippen molar-refractivity contribution in [2.45, 2.75) is 19.4 Å². The minimum absolute atomic E-state index is 0.0593. The Morgan fingerprint density at radius 1 is 1.43 bits per heavy atom. The molecule has 1 atom stereocenters. The molecule has 8 heteroatoms. The van der Waals surface area contributed by atoms with E-state index in [-0.39, 0.29) is 12.0 Å². The number of carbonyl (C=O) groups excluding carboxylic acids is 1. The molecule has 2 aromatic rings. The molecule has 0 aliphatic carbocycles. The van der Waals surface area contributed by atoms with Crippen molar-refractivity contribution in [3.05, 3.63) is 41.6 Å². The molecule has 0 radical (unpaired) electrons. The van der Waals surface area contributed by atoms with Crippen molar-refractivity contribution in [1.82, 2.24) is 15.3 Å². The fraction of sp³-hybridized carbons (Fsp3) is 0.333. The Kier molecular flexibility index (Phi) is 4.95. The zero-order valence-electron chi connectivity index (χ0n) is 13.1. The predicted molar refractivity (Wildman–Crippen MR) is 82.4 cm³/mol. The van der Waals surface area contributed by atoms with Gasteiger partial charge in [0.2, 0.25) is 5.95 Å². The molecule has 0 unspecified atom stereocenters. The zero-order valence-corrected chi connectivity index (χ0v) is 13.1. The summed E-state index contributed by atoms with van der Waals surface area (Å²) in [5, 5.41) is 11.7. The molecule has 0 fully saturated rings. The van der Waals surface area contributed by atoms with Gasteiger partial charge in [0.05, 0.1) is 17.5 Å². The SMILES string of the molecule is Cc1nc(N(C)C)ncc1C(=O)N[C@@H](Cc1ccco1)C(=O)O. The Hall–Kier alpha value is -2.90. The van der Waals surface area contributed by atoms with Crippen LogP contribution in [0.5, 0.6) is 0 Å². The summed E-state index contributed by atoms with van der Waals surface area (Å²) < 4.78 is 5.12. The van der Waals surface area contributed by atoms with Crippen molar-refractivity contribution in [3.8, 4) is 0 Å². The molecule has 1 amide bonds. The lowest BCUT2D eigenvalue weighted by Gasteiger charge is -2.15. The van der Waals surface area contributed by atoms with Crippen LogP contribution in [0.4, 0.5) is 5.95 Å². The molecule has 23 heavy (non-hydrogen) atoms. The van der Waals surface area contributed by atoms with E-state index in [1.54, 1.807) is 38.1 Å². The molecule has 0 saturated carbocycles. The highest BCUT2D eigenvalue weighted by Gasteiger charge is 2.23. The first-order valence-electron chi connectivity index (χ1n) is 6.95. The number of aliphatic carboxylic acids is 1. The van der Waals surface area contributed by atoms with Gasteiger partial charge in [-0.2, -0.15) is 0 Å². The Bertz CT molecular complexity index is 698. The summed E-state index contributed by atoms with van der Waals surface area (Å²) in [5.41, 5.74) is 0.713. The third kappa shape index (κ3) is 4.06. The highest BCUT2D eigenvalue weighted by molar-refractivity contribution is 5.97. The lowest BCUT2D eigenvalue weighted by Crippen LogP contribution is -2.42. The van der Waals surface area contributed by atoms with Crippen molar-refractivity contribution in [3.63, 3.8) is 0 Å². The second-order valence-corrected chi connectivity index (χ2v) is 5.21. The van der Waals surface area contributed by atoms with Gasteiger partial charge in [-0.05, 0) is 19.1 Å². The molecule has 0 saturated heterocycles. The molecule has 2 aromatic heterocycles. The van der Waals surface area contributed by atoms with Crippen LogP contribution in [0.2, 0.25) is 0 Å². The number of nitrogens with zero attached hydrogens (tertiary/aromatic N) is 3. The van der Waals surface area contributed by atoms with Crippen molar-refractivity contribution >= 4 is 17.8 Å². The van der Waals surface area contributed by atoms with Crippen LogP contribution in [0.1, 0.15) is 21.8 Å². The van der Waals surface area contributed by atoms with Gasteiger partial charge in [-0.1, -0.05) is 0 Å². The molecule has 2 heterocycles. The van der Waals surface area contributed by atoms with Gasteiger partial charge < -0.3 is 19.7 Å². The highest BCUT2D eigenvalue weighted by atomic mass is 16.4. The third-order valence-electron chi connectivity index (χ3n) is 3.20. The van der Waals surface area contributed by atoms with Crippen LogP contribution in [-0.2, 0) is 11.2 Å². The Balaban J connectivity index is 2.14. The molecule has 0 spiro atoms. The fourth-order valence-electron chi connectivity index (χ4n) is 1.96. The second kappa shape index (κ2) is 6.91. The van der Waals surface area contributed by atoms with Gasteiger partial charge in [0.1, 0.15) is 11.8 Å². The van der Waals surface area contributed by atoms with Crippen molar-refractivity contribution in [1.29, 1.82) is 0 Å².